The minimum atomic E-state index is -2.81. The van der Waals surface area contributed by atoms with E-state index in [0.29, 0.717) is 23.4 Å². The fourth-order valence-corrected chi connectivity index (χ4v) is 12.3. The van der Waals surface area contributed by atoms with Crippen molar-refractivity contribution in [2.75, 3.05) is 0 Å². The molecule has 2 saturated carbocycles. The standard InChI is InChI=1S/C26H33O2P/c1-24(2)20-15-22-25(3,16-21(20)24)29(28,17-18-11-7-5-8-12-18)23(26(22,4)27)19-13-9-6-10-14-19/h5-14,20-23,27H,15-17H2,1-4H3/t20-,21+,22+,23-,25+,26-,29+/m1/s1. The van der Waals surface area contributed by atoms with Crippen LogP contribution in [-0.2, 0) is 10.7 Å². The maximum atomic E-state index is 15.2. The van der Waals surface area contributed by atoms with Crippen LogP contribution in [-0.4, -0.2) is 15.9 Å². The Morgan fingerprint density at radius 2 is 1.52 bits per heavy atom. The van der Waals surface area contributed by atoms with Crippen LogP contribution in [0.25, 0.3) is 0 Å². The summed E-state index contributed by atoms with van der Waals surface area (Å²) in [5.41, 5.74) is 1.24. The largest absolute Gasteiger partial charge is 0.389 e. The summed E-state index contributed by atoms with van der Waals surface area (Å²) in [5.74, 6) is 1.38. The minimum Gasteiger partial charge on any atom is -0.389 e. The molecule has 0 unspecified atom stereocenters. The summed E-state index contributed by atoms with van der Waals surface area (Å²) >= 11 is 0. The number of hydrogen-bond donors (Lipinski definition) is 1. The fourth-order valence-electron chi connectivity index (χ4n) is 7.36. The van der Waals surface area contributed by atoms with E-state index >= 15 is 4.57 Å². The van der Waals surface area contributed by atoms with Crippen molar-refractivity contribution < 1.29 is 9.67 Å². The summed E-state index contributed by atoms with van der Waals surface area (Å²) < 4.78 is 15.2. The summed E-state index contributed by atoms with van der Waals surface area (Å²) in [5, 5.41) is 11.7. The van der Waals surface area contributed by atoms with Gasteiger partial charge in [0.25, 0.3) is 0 Å². The summed E-state index contributed by atoms with van der Waals surface area (Å²) in [7, 11) is -2.81. The van der Waals surface area contributed by atoms with Crippen LogP contribution in [0.2, 0.25) is 0 Å². The highest BCUT2D eigenvalue weighted by Gasteiger charge is 2.76. The zero-order chi connectivity index (χ0) is 20.7. The van der Waals surface area contributed by atoms with Crippen molar-refractivity contribution in [3.8, 4) is 0 Å². The third-order valence-electron chi connectivity index (χ3n) is 9.08. The zero-order valence-corrected chi connectivity index (χ0v) is 18.9. The van der Waals surface area contributed by atoms with E-state index in [1.807, 2.05) is 43.3 Å². The molecule has 29 heavy (non-hydrogen) atoms. The summed E-state index contributed by atoms with van der Waals surface area (Å²) in [6.07, 6.45) is 2.57. The second-order valence-corrected chi connectivity index (χ2v) is 14.3. The van der Waals surface area contributed by atoms with Gasteiger partial charge < -0.3 is 9.67 Å². The van der Waals surface area contributed by atoms with E-state index < -0.39 is 12.7 Å². The third-order valence-corrected chi connectivity index (χ3v) is 13.8. The first kappa shape index (κ1) is 19.6. The number of benzene rings is 2. The molecule has 1 heterocycles. The van der Waals surface area contributed by atoms with Gasteiger partial charge in [0.2, 0.25) is 0 Å². The van der Waals surface area contributed by atoms with E-state index in [1.165, 1.54) is 0 Å². The van der Waals surface area contributed by atoms with Gasteiger partial charge >= 0.3 is 0 Å². The van der Waals surface area contributed by atoms with Gasteiger partial charge in [0.15, 0.2) is 0 Å². The molecular weight excluding hydrogens is 375 g/mol. The lowest BCUT2D eigenvalue weighted by molar-refractivity contribution is -0.0195. The average Bonchev–Trinajstić information content (AvgIpc) is 3.16. The topological polar surface area (TPSA) is 37.3 Å². The van der Waals surface area contributed by atoms with Gasteiger partial charge in [-0.05, 0) is 48.1 Å². The molecule has 3 heteroatoms. The van der Waals surface area contributed by atoms with Crippen LogP contribution in [0.5, 0.6) is 0 Å². The molecule has 2 aromatic carbocycles. The Hall–Kier alpha value is -1.37. The Morgan fingerprint density at radius 1 is 0.931 bits per heavy atom. The molecular formula is C26H33O2P. The Kier molecular flexibility index (Phi) is 4.11. The van der Waals surface area contributed by atoms with Crippen LogP contribution in [0.4, 0.5) is 0 Å². The number of fused-ring (bicyclic) bond motifs is 2. The summed E-state index contributed by atoms with van der Waals surface area (Å²) in [6.45, 7) is 8.95. The Bertz CT molecular complexity index is 965. The molecule has 2 aromatic rings. The molecule has 3 aliphatic rings. The maximum Gasteiger partial charge on any atom is 0.108 e. The van der Waals surface area contributed by atoms with Crippen LogP contribution in [0, 0.1) is 23.2 Å². The van der Waals surface area contributed by atoms with Crippen molar-refractivity contribution in [1.82, 2.24) is 0 Å². The third kappa shape index (κ3) is 2.55. The summed E-state index contributed by atoms with van der Waals surface area (Å²) in [4.78, 5) is 0. The fraction of sp³-hybridized carbons (Fsp3) is 0.538. The molecule has 5 rings (SSSR count). The smallest absolute Gasteiger partial charge is 0.108 e. The van der Waals surface area contributed by atoms with Crippen LogP contribution in [0.15, 0.2) is 60.7 Å². The van der Waals surface area contributed by atoms with Crippen LogP contribution >= 0.6 is 7.14 Å². The van der Waals surface area contributed by atoms with E-state index in [0.717, 1.165) is 24.0 Å². The molecule has 1 saturated heterocycles. The molecule has 154 valence electrons. The van der Waals surface area contributed by atoms with E-state index in [9.17, 15) is 5.11 Å². The monoisotopic (exact) mass is 408 g/mol. The minimum absolute atomic E-state index is 0.0813. The number of rotatable bonds is 3. The molecule has 1 N–H and O–H groups in total. The SMILES string of the molecule is CC1(C)[C@@H]2C[C@@H]3[C@@](C)(O)[C@@H](c4ccccc4)[P@@](=O)(Cc4ccccc4)[C@@]3(C)C[C@@H]21. The molecule has 0 aromatic heterocycles. The van der Waals surface area contributed by atoms with Crippen LogP contribution in [0.3, 0.4) is 0 Å². The van der Waals surface area contributed by atoms with E-state index in [-0.39, 0.29) is 16.7 Å². The van der Waals surface area contributed by atoms with E-state index in [4.69, 9.17) is 0 Å². The molecule has 7 atom stereocenters. The first-order chi connectivity index (χ1) is 13.6. The van der Waals surface area contributed by atoms with Gasteiger partial charge in [-0.1, -0.05) is 81.4 Å². The second-order valence-electron chi connectivity index (χ2n) is 10.9. The second kappa shape index (κ2) is 6.08. The zero-order valence-electron chi connectivity index (χ0n) is 18.0. The molecule has 2 nitrogen and oxygen atoms in total. The Balaban J connectivity index is 1.68. The van der Waals surface area contributed by atoms with Crippen molar-refractivity contribution in [3.05, 3.63) is 71.8 Å². The highest BCUT2D eigenvalue weighted by Crippen LogP contribution is 2.87. The quantitative estimate of drug-likeness (QED) is 0.589. The van der Waals surface area contributed by atoms with E-state index in [2.05, 4.69) is 45.0 Å². The van der Waals surface area contributed by atoms with Crippen molar-refractivity contribution in [1.29, 1.82) is 0 Å². The van der Waals surface area contributed by atoms with Gasteiger partial charge in [0, 0.05) is 17.2 Å². The normalized spacial score (nSPS) is 44.7. The molecule has 3 fully saturated rings. The highest BCUT2D eigenvalue weighted by atomic mass is 31.2. The number of aliphatic hydroxyl groups is 1. The Labute approximate surface area is 175 Å². The van der Waals surface area contributed by atoms with Crippen molar-refractivity contribution >= 4 is 7.14 Å². The van der Waals surface area contributed by atoms with Crippen LogP contribution < -0.4 is 0 Å². The van der Waals surface area contributed by atoms with Crippen LogP contribution in [0.1, 0.15) is 57.3 Å². The lowest BCUT2D eigenvalue weighted by atomic mass is 9.69. The molecule has 0 amide bonds. The van der Waals surface area contributed by atoms with E-state index in [1.54, 1.807) is 0 Å². The van der Waals surface area contributed by atoms with Crippen molar-refractivity contribution in [2.45, 2.75) is 63.1 Å². The predicted octanol–water partition coefficient (Wildman–Crippen LogP) is 6.50. The summed E-state index contributed by atoms with van der Waals surface area (Å²) in [6, 6.07) is 20.5. The molecule has 0 bridgehead atoms. The maximum absolute atomic E-state index is 15.2. The van der Waals surface area contributed by atoms with Gasteiger partial charge in [-0.2, -0.15) is 0 Å². The van der Waals surface area contributed by atoms with Gasteiger partial charge in [-0.15, -0.1) is 0 Å². The van der Waals surface area contributed by atoms with Crippen molar-refractivity contribution in [3.63, 3.8) is 0 Å². The molecule has 2 aliphatic carbocycles. The number of hydrogen-bond acceptors (Lipinski definition) is 2. The average molecular weight is 409 g/mol. The molecule has 0 spiro atoms. The van der Waals surface area contributed by atoms with Crippen molar-refractivity contribution in [2.24, 2.45) is 23.2 Å². The van der Waals surface area contributed by atoms with Gasteiger partial charge in [0.1, 0.15) is 7.14 Å². The lowest BCUT2D eigenvalue weighted by Gasteiger charge is -2.42. The first-order valence-electron chi connectivity index (χ1n) is 11.0. The Morgan fingerprint density at radius 3 is 2.14 bits per heavy atom. The predicted molar refractivity (Wildman–Crippen MR) is 119 cm³/mol. The van der Waals surface area contributed by atoms with Gasteiger partial charge in [-0.3, -0.25) is 0 Å². The molecule has 1 aliphatic heterocycles. The lowest BCUT2D eigenvalue weighted by Crippen LogP contribution is -2.44. The van der Waals surface area contributed by atoms with Gasteiger partial charge in [0.05, 0.1) is 11.3 Å². The molecule has 0 radical (unpaired) electrons. The first-order valence-corrected chi connectivity index (χ1v) is 13.0. The van der Waals surface area contributed by atoms with Gasteiger partial charge in [-0.25, -0.2) is 0 Å². The highest BCUT2D eigenvalue weighted by molar-refractivity contribution is 7.65.